The normalized spacial score (nSPS) is 18.8. The number of amides is 1. The van der Waals surface area contributed by atoms with Crippen LogP contribution in [-0.2, 0) is 4.79 Å². The second-order valence-electron chi connectivity index (χ2n) is 6.72. The largest absolute Gasteiger partial charge is 0.493 e. The number of ether oxygens (including phenoxy) is 2. The van der Waals surface area contributed by atoms with E-state index in [4.69, 9.17) is 9.47 Å². The standard InChI is InChI=1S/C21H20N2O5/c1-27-16-9-6-11(10-17(16)28-2)13-8-7-12-19(22-13)20(25)18-14(23-21(12)26)4-3-5-15(18)24/h6-10,20,25H,3-5H2,1-2H3,(H,23,26). The van der Waals surface area contributed by atoms with Crippen molar-refractivity contribution in [3.63, 3.8) is 0 Å². The SMILES string of the molecule is COc1ccc(-c2ccc3c(n2)C(O)C2=C(CCCC2=O)NC3=O)cc1OC. The monoisotopic (exact) mass is 380 g/mol. The van der Waals surface area contributed by atoms with Crippen LogP contribution in [0.1, 0.15) is 41.4 Å². The van der Waals surface area contributed by atoms with E-state index in [2.05, 4.69) is 10.3 Å². The molecule has 4 rings (SSSR count). The van der Waals surface area contributed by atoms with Crippen molar-refractivity contribution in [3.05, 3.63) is 52.9 Å². The van der Waals surface area contributed by atoms with Crippen molar-refractivity contribution in [1.29, 1.82) is 0 Å². The molecule has 7 nitrogen and oxygen atoms in total. The average molecular weight is 380 g/mol. The summed E-state index contributed by atoms with van der Waals surface area (Å²) in [5.41, 5.74) is 2.49. The molecule has 0 bridgehead atoms. The highest BCUT2D eigenvalue weighted by Gasteiger charge is 2.35. The summed E-state index contributed by atoms with van der Waals surface area (Å²) in [6.07, 6.45) is 0.333. The molecule has 28 heavy (non-hydrogen) atoms. The third-order valence-corrected chi connectivity index (χ3v) is 5.10. The fourth-order valence-corrected chi connectivity index (χ4v) is 3.68. The molecule has 1 aliphatic heterocycles. The number of pyridine rings is 1. The zero-order chi connectivity index (χ0) is 19.8. The average Bonchev–Trinajstić information content (AvgIpc) is 2.82. The summed E-state index contributed by atoms with van der Waals surface area (Å²) < 4.78 is 10.6. The molecule has 0 saturated heterocycles. The molecule has 0 radical (unpaired) electrons. The van der Waals surface area contributed by atoms with Gasteiger partial charge in [0.05, 0.1) is 31.2 Å². The van der Waals surface area contributed by atoms with Crippen molar-refractivity contribution in [2.75, 3.05) is 14.2 Å². The van der Waals surface area contributed by atoms with Crippen molar-refractivity contribution >= 4 is 11.7 Å². The van der Waals surface area contributed by atoms with E-state index in [-0.39, 0.29) is 28.5 Å². The Labute approximate surface area is 162 Å². The Morgan fingerprint density at radius 3 is 2.61 bits per heavy atom. The second-order valence-corrected chi connectivity index (χ2v) is 6.72. The number of rotatable bonds is 3. The van der Waals surface area contributed by atoms with Gasteiger partial charge in [-0.05, 0) is 43.2 Å². The highest BCUT2D eigenvalue weighted by atomic mass is 16.5. The Balaban J connectivity index is 1.82. The first-order chi connectivity index (χ1) is 13.5. The predicted octanol–water partition coefficient (Wildman–Crippen LogP) is 2.55. The van der Waals surface area contributed by atoms with E-state index < -0.39 is 6.10 Å². The van der Waals surface area contributed by atoms with E-state index in [0.717, 1.165) is 5.56 Å². The topological polar surface area (TPSA) is 97.8 Å². The summed E-state index contributed by atoms with van der Waals surface area (Å²) in [6.45, 7) is 0. The highest BCUT2D eigenvalue weighted by Crippen LogP contribution is 2.36. The Kier molecular flexibility index (Phi) is 4.60. The molecule has 2 heterocycles. The van der Waals surface area contributed by atoms with Gasteiger partial charge in [-0.25, -0.2) is 4.98 Å². The van der Waals surface area contributed by atoms with Crippen LogP contribution < -0.4 is 14.8 Å². The molecule has 0 spiro atoms. The first kappa shape index (κ1) is 18.2. The highest BCUT2D eigenvalue weighted by molar-refractivity contribution is 6.03. The van der Waals surface area contributed by atoms with Gasteiger partial charge in [0.15, 0.2) is 17.3 Å². The minimum atomic E-state index is -1.24. The van der Waals surface area contributed by atoms with Gasteiger partial charge in [-0.15, -0.1) is 0 Å². The summed E-state index contributed by atoms with van der Waals surface area (Å²) in [4.78, 5) is 29.5. The maximum Gasteiger partial charge on any atom is 0.257 e. The number of methoxy groups -OCH3 is 2. The molecule has 0 saturated carbocycles. The lowest BCUT2D eigenvalue weighted by molar-refractivity contribution is -0.117. The van der Waals surface area contributed by atoms with Crippen molar-refractivity contribution < 1.29 is 24.2 Å². The van der Waals surface area contributed by atoms with Crippen LogP contribution in [0, 0.1) is 0 Å². The molecule has 1 amide bonds. The van der Waals surface area contributed by atoms with E-state index in [1.807, 2.05) is 6.07 Å². The van der Waals surface area contributed by atoms with Gasteiger partial charge in [-0.2, -0.15) is 0 Å². The summed E-state index contributed by atoms with van der Waals surface area (Å²) in [5, 5.41) is 13.7. The van der Waals surface area contributed by atoms with E-state index in [1.165, 1.54) is 0 Å². The van der Waals surface area contributed by atoms with Crippen molar-refractivity contribution in [2.24, 2.45) is 0 Å². The molecule has 1 unspecified atom stereocenters. The van der Waals surface area contributed by atoms with Crippen LogP contribution in [0.2, 0.25) is 0 Å². The number of hydrogen-bond acceptors (Lipinski definition) is 6. The number of allylic oxidation sites excluding steroid dienone is 1. The summed E-state index contributed by atoms with van der Waals surface area (Å²) in [5.74, 6) is 0.617. The minimum absolute atomic E-state index is 0.153. The van der Waals surface area contributed by atoms with Gasteiger partial charge in [-0.1, -0.05) is 0 Å². The number of nitrogens with one attached hydrogen (secondary N) is 1. The lowest BCUT2D eigenvalue weighted by Gasteiger charge is -2.20. The number of carbonyl (C=O) groups excluding carboxylic acids is 2. The van der Waals surface area contributed by atoms with Gasteiger partial charge < -0.3 is 19.9 Å². The van der Waals surface area contributed by atoms with Crippen molar-refractivity contribution in [2.45, 2.75) is 25.4 Å². The molecule has 0 fully saturated rings. The summed E-state index contributed by atoms with van der Waals surface area (Å²) in [7, 11) is 3.10. The first-order valence-corrected chi connectivity index (χ1v) is 9.02. The number of aromatic nitrogens is 1. The number of hydrogen-bond donors (Lipinski definition) is 2. The van der Waals surface area contributed by atoms with Gasteiger partial charge in [-0.3, -0.25) is 9.59 Å². The van der Waals surface area contributed by atoms with E-state index in [0.29, 0.717) is 42.2 Å². The predicted molar refractivity (Wildman–Crippen MR) is 101 cm³/mol. The Bertz CT molecular complexity index is 1010. The summed E-state index contributed by atoms with van der Waals surface area (Å²) >= 11 is 0. The molecule has 2 aromatic rings. The number of fused-ring (bicyclic) bond motifs is 1. The van der Waals surface area contributed by atoms with Gasteiger partial charge in [0, 0.05) is 23.3 Å². The van der Waals surface area contributed by atoms with Crippen molar-refractivity contribution in [1.82, 2.24) is 10.3 Å². The van der Waals surface area contributed by atoms with E-state index in [1.54, 1.807) is 38.5 Å². The maximum atomic E-state index is 12.6. The van der Waals surface area contributed by atoms with Gasteiger partial charge in [0.1, 0.15) is 6.10 Å². The number of carbonyl (C=O) groups is 2. The van der Waals surface area contributed by atoms with Crippen molar-refractivity contribution in [3.8, 4) is 22.8 Å². The van der Waals surface area contributed by atoms with Crippen LogP contribution in [0.4, 0.5) is 0 Å². The van der Waals surface area contributed by atoms with E-state index >= 15 is 0 Å². The van der Waals surface area contributed by atoms with Crippen LogP contribution in [-0.4, -0.2) is 36.0 Å². The van der Waals surface area contributed by atoms with Crippen LogP contribution in [0.15, 0.2) is 41.6 Å². The van der Waals surface area contributed by atoms with E-state index in [9.17, 15) is 14.7 Å². The number of Topliss-reactive ketones (excluding diaryl/α,β-unsaturated/α-hetero) is 1. The zero-order valence-corrected chi connectivity index (χ0v) is 15.6. The molecule has 2 aliphatic rings. The van der Waals surface area contributed by atoms with Crippen LogP contribution in [0.3, 0.4) is 0 Å². The number of benzene rings is 1. The number of aliphatic hydroxyl groups excluding tert-OH is 1. The second kappa shape index (κ2) is 7.09. The molecule has 1 aliphatic carbocycles. The molecule has 1 aromatic heterocycles. The minimum Gasteiger partial charge on any atom is -0.493 e. The fourth-order valence-electron chi connectivity index (χ4n) is 3.68. The third-order valence-electron chi connectivity index (χ3n) is 5.10. The number of ketones is 1. The molecule has 2 N–H and O–H groups in total. The Morgan fingerprint density at radius 1 is 1.07 bits per heavy atom. The molecule has 144 valence electrons. The van der Waals surface area contributed by atoms with Crippen LogP contribution in [0.25, 0.3) is 11.3 Å². The maximum absolute atomic E-state index is 12.6. The molecular weight excluding hydrogens is 360 g/mol. The quantitative estimate of drug-likeness (QED) is 0.849. The molecular formula is C21H20N2O5. The van der Waals surface area contributed by atoms with Crippen LogP contribution >= 0.6 is 0 Å². The lowest BCUT2D eigenvalue weighted by Crippen LogP contribution is -2.26. The summed E-state index contributed by atoms with van der Waals surface area (Å²) in [6, 6.07) is 8.67. The van der Waals surface area contributed by atoms with Gasteiger partial charge in [0.2, 0.25) is 0 Å². The number of aliphatic hydroxyl groups is 1. The van der Waals surface area contributed by atoms with Crippen LogP contribution in [0.5, 0.6) is 11.5 Å². The fraction of sp³-hybridized carbons (Fsp3) is 0.286. The number of nitrogens with zero attached hydrogens (tertiary/aromatic N) is 1. The van der Waals surface area contributed by atoms with Gasteiger partial charge >= 0.3 is 0 Å². The zero-order valence-electron chi connectivity index (χ0n) is 15.6. The molecule has 1 atom stereocenters. The van der Waals surface area contributed by atoms with Gasteiger partial charge in [0.25, 0.3) is 5.91 Å². The smallest absolute Gasteiger partial charge is 0.257 e. The Morgan fingerprint density at radius 2 is 1.86 bits per heavy atom. The first-order valence-electron chi connectivity index (χ1n) is 9.02. The lowest BCUT2D eigenvalue weighted by atomic mass is 9.90. The third kappa shape index (κ3) is 2.93. The molecule has 1 aromatic carbocycles. The molecule has 7 heteroatoms. The Hall–Kier alpha value is -3.19.